The number of nitrogens with one attached hydrogen (secondary N) is 2. The van der Waals surface area contributed by atoms with Gasteiger partial charge in [0.1, 0.15) is 0 Å². The number of aromatic carboxylic acids is 2. The number of quaternary nitrogens is 2. The molecule has 0 amide bonds. The third kappa shape index (κ3) is 25.1. The summed E-state index contributed by atoms with van der Waals surface area (Å²) in [7, 11) is 0. The number of carboxylic acids is 2. The fourth-order valence-corrected chi connectivity index (χ4v) is 4.60. The molecule has 0 heterocycles. The average Bonchev–Trinajstić information content (AvgIpc) is 3.05. The Morgan fingerprint density at radius 3 is 0.848 bits per heavy atom. The predicted molar refractivity (Wildman–Crippen MR) is 186 cm³/mol. The molecule has 0 saturated carbocycles. The third-order valence-electron chi connectivity index (χ3n) is 7.54. The Morgan fingerprint density at radius 2 is 0.696 bits per heavy atom. The molecular weight excluding hydrogens is 580 g/mol. The lowest BCUT2D eigenvalue weighted by Gasteiger charge is -2.18. The first-order valence-corrected chi connectivity index (χ1v) is 17.8. The van der Waals surface area contributed by atoms with Crippen molar-refractivity contribution in [2.24, 2.45) is 0 Å². The molecule has 2 aromatic carbocycles. The van der Waals surface area contributed by atoms with Gasteiger partial charge >= 0.3 is 11.9 Å². The van der Waals surface area contributed by atoms with Gasteiger partial charge in [-0.3, -0.25) is 0 Å². The maximum absolute atomic E-state index is 10.7. The highest BCUT2D eigenvalue weighted by molar-refractivity contribution is 5.90. The topological polar surface area (TPSA) is 130 Å². The van der Waals surface area contributed by atoms with Crippen LogP contribution in [0.25, 0.3) is 0 Å². The van der Waals surface area contributed by atoms with E-state index in [0.717, 1.165) is 0 Å². The van der Waals surface area contributed by atoms with Crippen LogP contribution in [0.2, 0.25) is 0 Å². The van der Waals surface area contributed by atoms with Gasteiger partial charge < -0.3 is 30.2 Å². The molecule has 0 aliphatic rings. The largest absolute Gasteiger partial charge is 0.872 e. The van der Waals surface area contributed by atoms with E-state index in [0.29, 0.717) is 0 Å². The van der Waals surface area contributed by atoms with Gasteiger partial charge in [-0.05, 0) is 50.7 Å². The lowest BCUT2D eigenvalue weighted by molar-refractivity contribution is -0.900. The molecule has 0 spiro atoms. The molecule has 2 aromatic rings. The minimum absolute atomic E-state index is 0.178. The summed E-state index contributed by atoms with van der Waals surface area (Å²) in [5.74, 6) is -3.25. The molecule has 0 fully saturated rings. The summed E-state index contributed by atoms with van der Waals surface area (Å²) in [6, 6.07) is 11.1. The standard InChI is InChI=1S/2C12H27N.2C7H6O3/c2*1-4-7-10-13(11-8-5-2)12-9-6-3;2*8-6-4-2-1-3-5(6)7(9)10/h2*4-12H2,1-3H3;2*1-4,8H,(H,9,10). The van der Waals surface area contributed by atoms with Gasteiger partial charge in [-0.1, -0.05) is 128 Å². The zero-order valence-electron chi connectivity index (χ0n) is 29.9. The van der Waals surface area contributed by atoms with E-state index in [1.54, 1.807) is 0 Å². The molecule has 46 heavy (non-hydrogen) atoms. The van der Waals surface area contributed by atoms with E-state index in [4.69, 9.17) is 10.2 Å². The van der Waals surface area contributed by atoms with Crippen molar-refractivity contribution in [3.05, 3.63) is 59.7 Å². The molecule has 0 atom stereocenters. The van der Waals surface area contributed by atoms with Crippen molar-refractivity contribution in [2.75, 3.05) is 39.3 Å². The van der Waals surface area contributed by atoms with Gasteiger partial charge in [0, 0.05) is 0 Å². The van der Waals surface area contributed by atoms with Crippen LogP contribution in [0.1, 0.15) is 139 Å². The normalized spacial score (nSPS) is 10.3. The van der Waals surface area contributed by atoms with Crippen molar-refractivity contribution >= 4 is 11.9 Å². The van der Waals surface area contributed by atoms with Crippen LogP contribution in [0.3, 0.4) is 0 Å². The van der Waals surface area contributed by atoms with Gasteiger partial charge in [0.2, 0.25) is 0 Å². The molecule has 0 aliphatic carbocycles. The fourth-order valence-electron chi connectivity index (χ4n) is 4.60. The fraction of sp³-hybridized carbons (Fsp3) is 0.632. The molecule has 2 rings (SSSR count). The SMILES string of the molecule is CCCC[NH+](CCCC)CCCC.CCCC[NH+](CCCC)CCCC.O=C(O)c1ccccc1[O-].O=C(O)c1ccccc1[O-]. The van der Waals surface area contributed by atoms with Gasteiger partial charge in [0.05, 0.1) is 50.4 Å². The minimum Gasteiger partial charge on any atom is -0.872 e. The Bertz CT molecular complexity index is 883. The summed E-state index contributed by atoms with van der Waals surface area (Å²) in [6.45, 7) is 22.1. The second kappa shape index (κ2) is 31.9. The third-order valence-corrected chi connectivity index (χ3v) is 7.54. The van der Waals surface area contributed by atoms with Crippen LogP contribution in [0.15, 0.2) is 48.5 Å². The van der Waals surface area contributed by atoms with Gasteiger partial charge in [0.15, 0.2) is 0 Å². The van der Waals surface area contributed by atoms with Gasteiger partial charge in [-0.15, -0.1) is 0 Å². The molecular formula is C38H66N2O6. The summed E-state index contributed by atoms with van der Waals surface area (Å²) in [5, 5.41) is 38.1. The first kappa shape index (κ1) is 45.0. The second-order valence-electron chi connectivity index (χ2n) is 11.7. The highest BCUT2D eigenvalue weighted by Crippen LogP contribution is 2.11. The Kier molecular flexibility index (Phi) is 31.2. The van der Waals surface area contributed by atoms with Gasteiger partial charge in [-0.25, -0.2) is 9.59 Å². The predicted octanol–water partition coefficient (Wildman–Crippen LogP) is 5.46. The highest BCUT2D eigenvalue weighted by atomic mass is 16.4. The van der Waals surface area contributed by atoms with E-state index in [1.807, 2.05) is 9.80 Å². The van der Waals surface area contributed by atoms with Crippen LogP contribution in [0.5, 0.6) is 11.5 Å². The lowest BCUT2D eigenvalue weighted by Crippen LogP contribution is -3.12. The molecule has 264 valence electrons. The van der Waals surface area contributed by atoms with Crippen molar-refractivity contribution in [2.45, 2.75) is 119 Å². The maximum Gasteiger partial charge on any atom is 0.335 e. The molecule has 0 saturated heterocycles. The zero-order chi connectivity index (χ0) is 35.0. The quantitative estimate of drug-likeness (QED) is 0.151. The van der Waals surface area contributed by atoms with Crippen molar-refractivity contribution in [1.82, 2.24) is 0 Å². The molecule has 0 aromatic heterocycles. The zero-order valence-corrected chi connectivity index (χ0v) is 29.9. The number of carbonyl (C=O) groups is 2. The van der Waals surface area contributed by atoms with E-state index < -0.39 is 23.4 Å². The van der Waals surface area contributed by atoms with Crippen molar-refractivity contribution < 1.29 is 39.8 Å². The molecule has 8 nitrogen and oxygen atoms in total. The summed E-state index contributed by atoms with van der Waals surface area (Å²) in [5.41, 5.74) is -0.356. The van der Waals surface area contributed by atoms with Crippen LogP contribution in [0.4, 0.5) is 0 Å². The number of para-hydroxylation sites is 2. The smallest absolute Gasteiger partial charge is 0.335 e. The lowest BCUT2D eigenvalue weighted by atomic mass is 10.2. The summed E-state index contributed by atoms with van der Waals surface area (Å²) in [6.07, 6.45) is 16.5. The molecule has 0 aliphatic heterocycles. The first-order valence-electron chi connectivity index (χ1n) is 17.8. The molecule has 8 heteroatoms. The van der Waals surface area contributed by atoms with Crippen LogP contribution in [0, 0.1) is 0 Å². The molecule has 0 unspecified atom stereocenters. The van der Waals surface area contributed by atoms with Crippen molar-refractivity contribution in [3.8, 4) is 11.5 Å². The van der Waals surface area contributed by atoms with Gasteiger partial charge in [-0.2, -0.15) is 0 Å². The van der Waals surface area contributed by atoms with Crippen LogP contribution >= 0.6 is 0 Å². The monoisotopic (exact) mass is 646 g/mol. The Labute approximate surface area is 280 Å². The van der Waals surface area contributed by atoms with E-state index in [2.05, 4.69) is 41.5 Å². The highest BCUT2D eigenvalue weighted by Gasteiger charge is 2.06. The van der Waals surface area contributed by atoms with Crippen LogP contribution in [-0.2, 0) is 0 Å². The average molecular weight is 647 g/mol. The summed E-state index contributed by atoms with van der Waals surface area (Å²) < 4.78 is 0. The Balaban J connectivity index is 0. The maximum atomic E-state index is 10.7. The Morgan fingerprint density at radius 1 is 0.478 bits per heavy atom. The molecule has 4 N–H and O–H groups in total. The number of unbranched alkanes of at least 4 members (excludes halogenated alkanes) is 6. The number of carboxylic acid groups (broad SMARTS) is 2. The second-order valence-corrected chi connectivity index (χ2v) is 11.7. The van der Waals surface area contributed by atoms with E-state index in [9.17, 15) is 19.8 Å². The van der Waals surface area contributed by atoms with Crippen molar-refractivity contribution in [1.29, 1.82) is 0 Å². The van der Waals surface area contributed by atoms with Crippen LogP contribution < -0.4 is 20.0 Å². The number of hydrogen-bond acceptors (Lipinski definition) is 4. The summed E-state index contributed by atoms with van der Waals surface area (Å²) in [4.78, 5) is 24.1. The summed E-state index contributed by atoms with van der Waals surface area (Å²) >= 11 is 0. The number of rotatable bonds is 20. The molecule has 0 radical (unpaired) electrons. The molecule has 0 bridgehead atoms. The van der Waals surface area contributed by atoms with Crippen LogP contribution in [-0.4, -0.2) is 61.4 Å². The first-order chi connectivity index (χ1) is 22.1. The van der Waals surface area contributed by atoms with Crippen molar-refractivity contribution in [3.63, 3.8) is 0 Å². The Hall–Kier alpha value is -3.10. The number of hydrogen-bond donors (Lipinski definition) is 4. The van der Waals surface area contributed by atoms with E-state index >= 15 is 0 Å². The number of benzene rings is 2. The van der Waals surface area contributed by atoms with E-state index in [-0.39, 0.29) is 11.1 Å². The van der Waals surface area contributed by atoms with E-state index in [1.165, 1.54) is 165 Å². The minimum atomic E-state index is -1.18. The van der Waals surface area contributed by atoms with Gasteiger partial charge in [0.25, 0.3) is 0 Å².